The predicted molar refractivity (Wildman–Crippen MR) is 51.6 cm³/mol. The van der Waals surface area contributed by atoms with Crippen molar-refractivity contribution < 1.29 is 8.78 Å². The number of nitrogens with zero attached hydrogens (tertiary/aromatic N) is 2. The Kier molecular flexibility index (Phi) is 3.78. The van der Waals surface area contributed by atoms with Crippen LogP contribution >= 0.6 is 27.5 Å². The van der Waals surface area contributed by atoms with Gasteiger partial charge in [-0.2, -0.15) is 5.26 Å². The zero-order valence-corrected chi connectivity index (χ0v) is 9.11. The fraction of sp³-hybridized carbons (Fsp3) is 0.250. The van der Waals surface area contributed by atoms with E-state index in [0.717, 1.165) is 0 Å². The number of pyridine rings is 1. The van der Waals surface area contributed by atoms with Gasteiger partial charge in [-0.05, 0) is 6.07 Å². The molecule has 1 aromatic heterocycles. The van der Waals surface area contributed by atoms with E-state index < -0.39 is 12.1 Å². The number of alkyl halides is 3. The van der Waals surface area contributed by atoms with Crippen LogP contribution in [-0.2, 0) is 5.33 Å². The Morgan fingerprint density at radius 2 is 2.29 bits per heavy atom. The van der Waals surface area contributed by atoms with Crippen LogP contribution in [0.25, 0.3) is 0 Å². The number of hydrogen-bond donors (Lipinski definition) is 0. The summed E-state index contributed by atoms with van der Waals surface area (Å²) in [5.41, 5.74) is -0.318. The third-order valence-electron chi connectivity index (χ3n) is 1.56. The Hall–Kier alpha value is -0.730. The van der Waals surface area contributed by atoms with Gasteiger partial charge in [0.15, 0.2) is 0 Å². The SMILES string of the molecule is N#Cc1cc(Cl)c(CBr)c(C(F)F)n1. The minimum atomic E-state index is -2.73. The molecule has 0 N–H and O–H groups in total. The lowest BCUT2D eigenvalue weighted by molar-refractivity contribution is 0.145. The molecule has 1 heterocycles. The van der Waals surface area contributed by atoms with E-state index in [4.69, 9.17) is 16.9 Å². The first-order valence-electron chi connectivity index (χ1n) is 3.53. The van der Waals surface area contributed by atoms with Crippen LogP contribution in [0.1, 0.15) is 23.4 Å². The highest BCUT2D eigenvalue weighted by Gasteiger charge is 2.18. The maximum Gasteiger partial charge on any atom is 0.280 e. The molecule has 0 aliphatic carbocycles. The zero-order valence-electron chi connectivity index (χ0n) is 6.77. The number of rotatable bonds is 2. The highest BCUT2D eigenvalue weighted by molar-refractivity contribution is 9.08. The number of halogens is 4. The van der Waals surface area contributed by atoms with Gasteiger partial charge in [-0.3, -0.25) is 0 Å². The number of nitriles is 1. The van der Waals surface area contributed by atoms with Gasteiger partial charge in [0.05, 0.1) is 0 Å². The molecule has 0 spiro atoms. The zero-order chi connectivity index (χ0) is 10.7. The molecule has 1 rings (SSSR count). The molecule has 0 aliphatic heterocycles. The topological polar surface area (TPSA) is 36.7 Å². The fourth-order valence-corrected chi connectivity index (χ4v) is 1.95. The molecule has 0 bridgehead atoms. The predicted octanol–water partition coefficient (Wildman–Crippen LogP) is 3.44. The summed E-state index contributed by atoms with van der Waals surface area (Å²) in [5, 5.41) is 8.82. The molecule has 0 aliphatic rings. The molecule has 14 heavy (non-hydrogen) atoms. The van der Waals surface area contributed by atoms with Crippen LogP contribution in [0.15, 0.2) is 6.07 Å². The third kappa shape index (κ3) is 2.20. The first-order valence-corrected chi connectivity index (χ1v) is 5.03. The van der Waals surface area contributed by atoms with Crippen molar-refractivity contribution in [2.45, 2.75) is 11.8 Å². The van der Waals surface area contributed by atoms with E-state index in [-0.39, 0.29) is 21.6 Å². The molecule has 0 radical (unpaired) electrons. The minimum absolute atomic E-state index is 0.102. The molecule has 6 heteroatoms. The summed E-state index contributed by atoms with van der Waals surface area (Å²) in [6.07, 6.45) is -2.73. The fourth-order valence-electron chi connectivity index (χ4n) is 0.929. The van der Waals surface area contributed by atoms with Gasteiger partial charge in [-0.1, -0.05) is 27.5 Å². The second-order valence-electron chi connectivity index (χ2n) is 2.40. The molecule has 0 fully saturated rings. The lowest BCUT2D eigenvalue weighted by Gasteiger charge is -2.07. The van der Waals surface area contributed by atoms with Gasteiger partial charge in [0, 0.05) is 15.9 Å². The number of hydrogen-bond acceptors (Lipinski definition) is 2. The standard InChI is InChI=1S/C8H4BrClF2N2/c9-2-5-6(10)1-4(3-13)14-7(5)8(11)12/h1,8H,2H2. The van der Waals surface area contributed by atoms with Crippen LogP contribution in [0.3, 0.4) is 0 Å². The van der Waals surface area contributed by atoms with Crippen molar-refractivity contribution in [1.82, 2.24) is 4.98 Å². The third-order valence-corrected chi connectivity index (χ3v) is 2.45. The molecule has 0 saturated heterocycles. The van der Waals surface area contributed by atoms with Crippen molar-refractivity contribution in [2.24, 2.45) is 0 Å². The van der Waals surface area contributed by atoms with Crippen LogP contribution in [0, 0.1) is 11.3 Å². The second-order valence-corrected chi connectivity index (χ2v) is 3.37. The van der Waals surface area contributed by atoms with Crippen LogP contribution in [0.4, 0.5) is 8.78 Å². The Labute approximate surface area is 92.6 Å². The van der Waals surface area contributed by atoms with Crippen molar-refractivity contribution >= 4 is 27.5 Å². The summed E-state index contributed by atoms with van der Waals surface area (Å²) in [4.78, 5) is 3.50. The summed E-state index contributed by atoms with van der Waals surface area (Å²) in [5.74, 6) is 0. The Bertz CT molecular complexity index is 390. The van der Waals surface area contributed by atoms with Crippen LogP contribution in [0.5, 0.6) is 0 Å². The molecule has 1 aromatic rings. The lowest BCUT2D eigenvalue weighted by atomic mass is 10.2. The summed E-state index contributed by atoms with van der Waals surface area (Å²) >= 11 is 8.74. The molecule has 0 unspecified atom stereocenters. The highest BCUT2D eigenvalue weighted by atomic mass is 79.9. The normalized spacial score (nSPS) is 10.3. The summed E-state index contributed by atoms with van der Waals surface area (Å²) < 4.78 is 24.9. The lowest BCUT2D eigenvalue weighted by Crippen LogP contribution is -2.00. The van der Waals surface area contributed by atoms with Gasteiger partial charge in [0.2, 0.25) is 0 Å². The van der Waals surface area contributed by atoms with Gasteiger partial charge < -0.3 is 0 Å². The maximum absolute atomic E-state index is 12.5. The van der Waals surface area contributed by atoms with Crippen molar-refractivity contribution in [3.8, 4) is 6.07 Å². The van der Waals surface area contributed by atoms with Crippen molar-refractivity contribution in [1.29, 1.82) is 5.26 Å². The summed E-state index contributed by atoms with van der Waals surface area (Å²) in [6.45, 7) is 0. The Morgan fingerprint density at radius 1 is 1.64 bits per heavy atom. The minimum Gasteiger partial charge on any atom is -0.236 e. The quantitative estimate of drug-likeness (QED) is 0.779. The van der Waals surface area contributed by atoms with Gasteiger partial charge in [-0.25, -0.2) is 13.8 Å². The molecule has 0 atom stereocenters. The van der Waals surface area contributed by atoms with E-state index in [1.165, 1.54) is 6.07 Å². The molecule has 2 nitrogen and oxygen atoms in total. The van der Waals surface area contributed by atoms with Gasteiger partial charge in [-0.15, -0.1) is 0 Å². The molecular formula is C8H4BrClF2N2. The summed E-state index contributed by atoms with van der Waals surface area (Å²) in [7, 11) is 0. The van der Waals surface area contributed by atoms with Gasteiger partial charge >= 0.3 is 0 Å². The van der Waals surface area contributed by atoms with E-state index in [2.05, 4.69) is 20.9 Å². The van der Waals surface area contributed by atoms with Crippen molar-refractivity contribution in [2.75, 3.05) is 0 Å². The van der Waals surface area contributed by atoms with Gasteiger partial charge in [0.1, 0.15) is 17.5 Å². The first kappa shape index (κ1) is 11.3. The molecule has 0 amide bonds. The first-order chi connectivity index (χ1) is 6.60. The van der Waals surface area contributed by atoms with E-state index in [9.17, 15) is 8.78 Å². The average Bonchev–Trinajstić information content (AvgIpc) is 2.16. The Morgan fingerprint density at radius 3 is 2.71 bits per heavy atom. The average molecular weight is 281 g/mol. The monoisotopic (exact) mass is 280 g/mol. The van der Waals surface area contributed by atoms with Crippen LogP contribution < -0.4 is 0 Å². The second kappa shape index (κ2) is 4.67. The number of aromatic nitrogens is 1. The maximum atomic E-state index is 12.5. The molecule has 74 valence electrons. The van der Waals surface area contributed by atoms with Crippen LogP contribution in [-0.4, -0.2) is 4.98 Å². The van der Waals surface area contributed by atoms with Crippen molar-refractivity contribution in [3.63, 3.8) is 0 Å². The molecule has 0 saturated carbocycles. The molecule has 0 aromatic carbocycles. The van der Waals surface area contributed by atoms with E-state index in [1.807, 2.05) is 0 Å². The summed E-state index contributed by atoms with van der Waals surface area (Å²) in [6, 6.07) is 2.94. The van der Waals surface area contributed by atoms with E-state index >= 15 is 0 Å². The highest BCUT2D eigenvalue weighted by Crippen LogP contribution is 2.29. The molecular weight excluding hydrogens is 277 g/mol. The largest absolute Gasteiger partial charge is 0.280 e. The van der Waals surface area contributed by atoms with E-state index in [1.54, 1.807) is 6.07 Å². The van der Waals surface area contributed by atoms with Gasteiger partial charge in [0.25, 0.3) is 6.43 Å². The van der Waals surface area contributed by atoms with Crippen LogP contribution in [0.2, 0.25) is 5.02 Å². The Balaban J connectivity index is 3.37. The van der Waals surface area contributed by atoms with Crippen molar-refractivity contribution in [3.05, 3.63) is 28.0 Å². The van der Waals surface area contributed by atoms with E-state index in [0.29, 0.717) is 0 Å². The smallest absolute Gasteiger partial charge is 0.236 e.